The first-order valence-corrected chi connectivity index (χ1v) is 7.81. The standard InChI is InChI=1S/C18H15F2NO3/c19-12-8-11-4-3-7-21(17(11)13(20)9-12)18(22)16-10-23-14-5-1-2-6-15(14)24-16/h1-2,5-6,8-9,16H,3-4,7,10H2. The summed E-state index contributed by atoms with van der Waals surface area (Å²) < 4.78 is 38.9. The zero-order valence-corrected chi connectivity index (χ0v) is 12.8. The van der Waals surface area contributed by atoms with Crippen molar-refractivity contribution in [3.05, 3.63) is 53.6 Å². The molecule has 2 aliphatic rings. The summed E-state index contributed by atoms with van der Waals surface area (Å²) in [6.07, 6.45) is 0.333. The molecular formula is C18H15F2NO3. The van der Waals surface area contributed by atoms with Crippen molar-refractivity contribution in [3.8, 4) is 11.5 Å². The molecule has 0 bridgehead atoms. The minimum atomic E-state index is -0.852. The van der Waals surface area contributed by atoms with Gasteiger partial charge in [0.25, 0.3) is 5.91 Å². The second kappa shape index (κ2) is 5.78. The van der Waals surface area contributed by atoms with Gasteiger partial charge in [0.1, 0.15) is 18.2 Å². The van der Waals surface area contributed by atoms with Crippen molar-refractivity contribution in [1.82, 2.24) is 0 Å². The van der Waals surface area contributed by atoms with Crippen molar-refractivity contribution in [2.24, 2.45) is 0 Å². The summed E-state index contributed by atoms with van der Waals surface area (Å²) in [5.74, 6) is -0.675. The highest BCUT2D eigenvalue weighted by molar-refractivity contribution is 5.98. The second-order valence-electron chi connectivity index (χ2n) is 5.85. The molecule has 0 spiro atoms. The third-order valence-electron chi connectivity index (χ3n) is 4.25. The zero-order valence-electron chi connectivity index (χ0n) is 12.8. The average molecular weight is 331 g/mol. The lowest BCUT2D eigenvalue weighted by Gasteiger charge is -2.34. The molecule has 0 N–H and O–H groups in total. The van der Waals surface area contributed by atoms with Gasteiger partial charge in [-0.3, -0.25) is 4.79 Å². The number of rotatable bonds is 1. The fraction of sp³-hybridized carbons (Fsp3) is 0.278. The molecule has 2 aromatic carbocycles. The number of hydrogen-bond acceptors (Lipinski definition) is 3. The maximum absolute atomic E-state index is 14.2. The number of carbonyl (C=O) groups is 1. The van der Waals surface area contributed by atoms with E-state index in [1.807, 2.05) is 6.07 Å². The van der Waals surface area contributed by atoms with E-state index in [4.69, 9.17) is 9.47 Å². The largest absolute Gasteiger partial charge is 0.485 e. The molecule has 2 aliphatic heterocycles. The molecule has 1 atom stereocenters. The highest BCUT2D eigenvalue weighted by Crippen LogP contribution is 2.34. The van der Waals surface area contributed by atoms with Gasteiger partial charge in [-0.1, -0.05) is 12.1 Å². The number of ether oxygens (including phenoxy) is 2. The van der Waals surface area contributed by atoms with E-state index in [1.54, 1.807) is 18.2 Å². The van der Waals surface area contributed by atoms with E-state index in [-0.39, 0.29) is 18.2 Å². The number of para-hydroxylation sites is 2. The molecule has 124 valence electrons. The maximum atomic E-state index is 14.2. The van der Waals surface area contributed by atoms with Crippen LogP contribution in [0.3, 0.4) is 0 Å². The summed E-state index contributed by atoms with van der Waals surface area (Å²) in [7, 11) is 0. The maximum Gasteiger partial charge on any atom is 0.271 e. The Morgan fingerprint density at radius 3 is 2.79 bits per heavy atom. The zero-order chi connectivity index (χ0) is 16.7. The molecule has 2 aromatic rings. The molecule has 24 heavy (non-hydrogen) atoms. The number of amides is 1. The molecule has 0 saturated carbocycles. The molecule has 0 aromatic heterocycles. The van der Waals surface area contributed by atoms with Crippen LogP contribution >= 0.6 is 0 Å². The van der Waals surface area contributed by atoms with Crippen LogP contribution in [0.25, 0.3) is 0 Å². The molecular weight excluding hydrogens is 316 g/mol. The fourth-order valence-electron chi connectivity index (χ4n) is 3.19. The van der Waals surface area contributed by atoms with Crippen LogP contribution in [0.2, 0.25) is 0 Å². The summed E-state index contributed by atoms with van der Waals surface area (Å²) in [4.78, 5) is 14.2. The van der Waals surface area contributed by atoms with Crippen LogP contribution < -0.4 is 14.4 Å². The predicted octanol–water partition coefficient (Wildman–Crippen LogP) is 3.08. The Balaban J connectivity index is 1.63. The minimum absolute atomic E-state index is 0.0600. The molecule has 1 unspecified atom stereocenters. The molecule has 0 radical (unpaired) electrons. The highest BCUT2D eigenvalue weighted by atomic mass is 19.1. The quantitative estimate of drug-likeness (QED) is 0.806. The van der Waals surface area contributed by atoms with Gasteiger partial charge >= 0.3 is 0 Å². The van der Waals surface area contributed by atoms with Crippen LogP contribution in [0.4, 0.5) is 14.5 Å². The van der Waals surface area contributed by atoms with E-state index >= 15 is 0 Å². The minimum Gasteiger partial charge on any atom is -0.485 e. The lowest BCUT2D eigenvalue weighted by molar-refractivity contribution is -0.127. The molecule has 1 amide bonds. The van der Waals surface area contributed by atoms with Gasteiger partial charge in [0.2, 0.25) is 6.10 Å². The number of aryl methyl sites for hydroxylation is 1. The van der Waals surface area contributed by atoms with Gasteiger partial charge in [0, 0.05) is 12.6 Å². The van der Waals surface area contributed by atoms with Gasteiger partial charge in [-0.15, -0.1) is 0 Å². The number of benzene rings is 2. The van der Waals surface area contributed by atoms with E-state index in [9.17, 15) is 13.6 Å². The fourth-order valence-corrected chi connectivity index (χ4v) is 3.19. The summed E-state index contributed by atoms with van der Waals surface area (Å²) >= 11 is 0. The topological polar surface area (TPSA) is 38.8 Å². The summed E-state index contributed by atoms with van der Waals surface area (Å²) in [5, 5.41) is 0. The Hall–Kier alpha value is -2.63. The Labute approximate surface area is 137 Å². The SMILES string of the molecule is O=C(C1COc2ccccc2O1)N1CCCc2cc(F)cc(F)c21. The number of fused-ring (bicyclic) bond motifs is 2. The van der Waals surface area contributed by atoms with Gasteiger partial charge in [-0.05, 0) is 36.6 Å². The first-order chi connectivity index (χ1) is 11.6. The Morgan fingerprint density at radius 1 is 1.17 bits per heavy atom. The third kappa shape index (κ3) is 2.48. The summed E-state index contributed by atoms with van der Waals surface area (Å²) in [5.41, 5.74) is 0.652. The highest BCUT2D eigenvalue weighted by Gasteiger charge is 2.35. The average Bonchev–Trinajstić information content (AvgIpc) is 2.60. The van der Waals surface area contributed by atoms with Gasteiger partial charge in [-0.2, -0.15) is 0 Å². The van der Waals surface area contributed by atoms with Crippen LogP contribution in [-0.2, 0) is 11.2 Å². The van der Waals surface area contributed by atoms with Crippen molar-refractivity contribution in [2.75, 3.05) is 18.1 Å². The smallest absolute Gasteiger partial charge is 0.271 e. The molecule has 0 aliphatic carbocycles. The van der Waals surface area contributed by atoms with E-state index in [2.05, 4.69) is 0 Å². The predicted molar refractivity (Wildman–Crippen MR) is 83.4 cm³/mol. The number of anilines is 1. The van der Waals surface area contributed by atoms with Crippen LogP contribution in [0.15, 0.2) is 36.4 Å². The first-order valence-electron chi connectivity index (χ1n) is 7.81. The van der Waals surface area contributed by atoms with Crippen molar-refractivity contribution in [1.29, 1.82) is 0 Å². The number of halogens is 2. The van der Waals surface area contributed by atoms with Crippen molar-refractivity contribution in [3.63, 3.8) is 0 Å². The Morgan fingerprint density at radius 2 is 1.96 bits per heavy atom. The Kier molecular flexibility index (Phi) is 3.59. The molecule has 0 fully saturated rings. The summed E-state index contributed by atoms with van der Waals surface area (Å²) in [6, 6.07) is 9.16. The lowest BCUT2D eigenvalue weighted by atomic mass is 10.0. The lowest BCUT2D eigenvalue weighted by Crippen LogP contribution is -2.48. The number of nitrogens with zero attached hydrogens (tertiary/aromatic N) is 1. The van der Waals surface area contributed by atoms with Crippen LogP contribution in [0, 0.1) is 11.6 Å². The summed E-state index contributed by atoms with van der Waals surface area (Å²) in [6.45, 7) is 0.431. The van der Waals surface area contributed by atoms with Gasteiger partial charge in [-0.25, -0.2) is 8.78 Å². The van der Waals surface area contributed by atoms with Crippen LogP contribution in [-0.4, -0.2) is 25.2 Å². The van der Waals surface area contributed by atoms with Crippen LogP contribution in [0.5, 0.6) is 11.5 Å². The normalized spacial score (nSPS) is 18.9. The van der Waals surface area contributed by atoms with E-state index < -0.39 is 17.7 Å². The van der Waals surface area contributed by atoms with Crippen molar-refractivity contribution in [2.45, 2.75) is 18.9 Å². The molecule has 4 rings (SSSR count). The van der Waals surface area contributed by atoms with Gasteiger partial charge in [0.05, 0.1) is 5.69 Å². The monoisotopic (exact) mass is 331 g/mol. The molecule has 6 heteroatoms. The van der Waals surface area contributed by atoms with E-state index in [1.165, 1.54) is 11.0 Å². The van der Waals surface area contributed by atoms with Gasteiger partial charge in [0.15, 0.2) is 11.5 Å². The Bertz CT molecular complexity index is 809. The molecule has 0 saturated heterocycles. The second-order valence-corrected chi connectivity index (χ2v) is 5.85. The molecule has 4 nitrogen and oxygen atoms in total. The number of carbonyl (C=O) groups excluding carboxylic acids is 1. The first kappa shape index (κ1) is 14.9. The van der Waals surface area contributed by atoms with Crippen LogP contribution in [0.1, 0.15) is 12.0 Å². The van der Waals surface area contributed by atoms with Gasteiger partial charge < -0.3 is 14.4 Å². The van der Waals surface area contributed by atoms with E-state index in [0.29, 0.717) is 36.4 Å². The van der Waals surface area contributed by atoms with Crippen molar-refractivity contribution >= 4 is 11.6 Å². The van der Waals surface area contributed by atoms with E-state index in [0.717, 1.165) is 6.07 Å². The molecule has 2 heterocycles. The third-order valence-corrected chi connectivity index (χ3v) is 4.25. The van der Waals surface area contributed by atoms with Crippen molar-refractivity contribution < 1.29 is 23.0 Å². The number of hydrogen-bond donors (Lipinski definition) is 0.